The lowest BCUT2D eigenvalue weighted by molar-refractivity contribution is -0.116. The van der Waals surface area contributed by atoms with E-state index in [1.54, 1.807) is 42.5 Å². The van der Waals surface area contributed by atoms with Gasteiger partial charge in [-0.25, -0.2) is 4.79 Å². The summed E-state index contributed by atoms with van der Waals surface area (Å²) in [6.45, 7) is -0.174. The zero-order valence-corrected chi connectivity index (χ0v) is 15.3. The number of nitrogens with zero attached hydrogens (tertiary/aromatic N) is 1. The summed E-state index contributed by atoms with van der Waals surface area (Å²) in [5.41, 5.74) is 1.37. The first-order valence-electron chi connectivity index (χ1n) is 7.91. The van der Waals surface area contributed by atoms with Gasteiger partial charge in [-0.3, -0.25) is 14.9 Å². The van der Waals surface area contributed by atoms with Crippen LogP contribution in [0.25, 0.3) is 0 Å². The monoisotopic (exact) mass is 384 g/mol. The Balaban J connectivity index is 2.43. The molecule has 1 N–H and O–H groups in total. The maximum atomic E-state index is 13.0. The summed E-state index contributed by atoms with van der Waals surface area (Å²) < 4.78 is 4.76. The van der Waals surface area contributed by atoms with E-state index in [-0.39, 0.29) is 29.7 Å². The number of carbonyl (C=O) groups is 3. The first kappa shape index (κ1) is 20.0. The number of carbonyl (C=O) groups excluding carboxylic acids is 3. The summed E-state index contributed by atoms with van der Waals surface area (Å²) in [6, 6.07) is 13.2. The van der Waals surface area contributed by atoms with Crippen molar-refractivity contribution in [1.29, 1.82) is 0 Å². The molecule has 2 amide bonds. The van der Waals surface area contributed by atoms with Crippen LogP contribution in [-0.4, -0.2) is 37.3 Å². The van der Waals surface area contributed by atoms with Gasteiger partial charge in [0, 0.05) is 23.9 Å². The molecule has 0 saturated carbocycles. The van der Waals surface area contributed by atoms with Crippen molar-refractivity contribution in [2.75, 3.05) is 29.8 Å². The summed E-state index contributed by atoms with van der Waals surface area (Å²) in [5, 5.41) is 2.49. The maximum absolute atomic E-state index is 13.0. The highest BCUT2D eigenvalue weighted by Gasteiger charge is 2.20. The number of alkyl halides is 1. The Labute approximate surface area is 162 Å². The minimum Gasteiger partial charge on any atom is -0.436 e. The van der Waals surface area contributed by atoms with E-state index in [2.05, 4.69) is 11.2 Å². The van der Waals surface area contributed by atoms with E-state index in [0.717, 1.165) is 0 Å². The van der Waals surface area contributed by atoms with Crippen LogP contribution in [0.5, 0.6) is 0 Å². The van der Waals surface area contributed by atoms with Crippen molar-refractivity contribution in [1.82, 2.24) is 0 Å². The third kappa shape index (κ3) is 5.09. The molecule has 0 aliphatic carbocycles. The van der Waals surface area contributed by atoms with Crippen molar-refractivity contribution in [3.8, 4) is 12.3 Å². The number of anilines is 2. The number of hydrogen-bond donors (Lipinski definition) is 1. The Morgan fingerprint density at radius 3 is 2.52 bits per heavy atom. The number of benzene rings is 2. The second-order valence-electron chi connectivity index (χ2n) is 5.42. The lowest BCUT2D eigenvalue weighted by atomic mass is 10.0. The first-order chi connectivity index (χ1) is 13.0. The van der Waals surface area contributed by atoms with Crippen molar-refractivity contribution >= 4 is 40.8 Å². The maximum Gasteiger partial charge on any atom is 0.412 e. The predicted molar refractivity (Wildman–Crippen MR) is 104 cm³/mol. The van der Waals surface area contributed by atoms with Gasteiger partial charge < -0.3 is 9.64 Å². The van der Waals surface area contributed by atoms with E-state index >= 15 is 0 Å². The molecule has 0 heterocycles. The number of hydrogen-bond acceptors (Lipinski definition) is 4. The molecule has 0 fully saturated rings. The van der Waals surface area contributed by atoms with Gasteiger partial charge in [0.15, 0.2) is 12.4 Å². The Kier molecular flexibility index (Phi) is 6.98. The van der Waals surface area contributed by atoms with Crippen LogP contribution in [0.15, 0.2) is 48.5 Å². The van der Waals surface area contributed by atoms with Gasteiger partial charge in [0.05, 0.1) is 5.69 Å². The number of nitrogens with one attached hydrogen (secondary N) is 1. The van der Waals surface area contributed by atoms with Gasteiger partial charge in [-0.05, 0) is 18.2 Å². The van der Waals surface area contributed by atoms with Crippen LogP contribution < -0.4 is 10.2 Å². The average Bonchev–Trinajstić information content (AvgIpc) is 2.71. The number of ketones is 1. The number of ether oxygens (including phenoxy) is 1. The van der Waals surface area contributed by atoms with Crippen LogP contribution in [0.3, 0.4) is 0 Å². The molecule has 0 radical (unpaired) electrons. The Morgan fingerprint density at radius 2 is 1.89 bits per heavy atom. The van der Waals surface area contributed by atoms with Gasteiger partial charge in [-0.2, -0.15) is 0 Å². The molecule has 2 aromatic rings. The van der Waals surface area contributed by atoms with Crippen molar-refractivity contribution in [3.05, 3.63) is 59.7 Å². The van der Waals surface area contributed by atoms with E-state index in [1.807, 2.05) is 0 Å². The first-order valence-corrected chi connectivity index (χ1v) is 8.45. The predicted octanol–water partition coefficient (Wildman–Crippen LogP) is 3.30. The summed E-state index contributed by atoms with van der Waals surface area (Å²) in [4.78, 5) is 37.9. The van der Waals surface area contributed by atoms with Gasteiger partial charge in [0.25, 0.3) is 0 Å². The standard InChI is InChI=1S/C20H17ClN2O4/c1-3-11-27-20(26)22-15-9-10-17(23(2)18(24)13-21)16(12-15)19(25)14-7-5-4-6-8-14/h1,4-10,12H,11,13H2,2H3,(H,22,26). The smallest absolute Gasteiger partial charge is 0.412 e. The number of halogens is 1. The molecule has 7 heteroatoms. The van der Waals surface area contributed by atoms with Gasteiger partial charge in [-0.15, -0.1) is 18.0 Å². The van der Waals surface area contributed by atoms with E-state index in [1.165, 1.54) is 18.0 Å². The van der Waals surface area contributed by atoms with Crippen LogP contribution in [0.1, 0.15) is 15.9 Å². The summed E-state index contributed by atoms with van der Waals surface area (Å²) >= 11 is 5.63. The van der Waals surface area contributed by atoms with Crippen molar-refractivity contribution in [2.24, 2.45) is 0 Å². The third-order valence-electron chi connectivity index (χ3n) is 3.66. The molecule has 27 heavy (non-hydrogen) atoms. The SMILES string of the molecule is C#CCOC(=O)Nc1ccc(N(C)C(=O)CCl)c(C(=O)c2ccccc2)c1. The molecule has 0 atom stereocenters. The third-order valence-corrected chi connectivity index (χ3v) is 3.89. The van der Waals surface area contributed by atoms with Crippen molar-refractivity contribution in [2.45, 2.75) is 0 Å². The molecule has 0 aromatic heterocycles. The van der Waals surface area contributed by atoms with Gasteiger partial charge >= 0.3 is 6.09 Å². The second kappa shape index (κ2) is 9.41. The molecule has 6 nitrogen and oxygen atoms in total. The molecule has 0 aliphatic rings. The lowest BCUT2D eigenvalue weighted by Gasteiger charge is -2.20. The highest BCUT2D eigenvalue weighted by Crippen LogP contribution is 2.27. The Morgan fingerprint density at radius 1 is 1.19 bits per heavy atom. The Hall–Kier alpha value is -3.30. The number of rotatable bonds is 6. The largest absolute Gasteiger partial charge is 0.436 e. The fraction of sp³-hybridized carbons (Fsp3) is 0.150. The minimum atomic E-state index is -0.746. The minimum absolute atomic E-state index is 0.174. The number of amides is 2. The topological polar surface area (TPSA) is 75.7 Å². The zero-order chi connectivity index (χ0) is 19.8. The van der Waals surface area contributed by atoms with Crippen LogP contribution in [-0.2, 0) is 9.53 Å². The second-order valence-corrected chi connectivity index (χ2v) is 5.69. The van der Waals surface area contributed by atoms with Crippen LogP contribution in [0.2, 0.25) is 0 Å². The molecular formula is C20H17ClN2O4. The fourth-order valence-corrected chi connectivity index (χ4v) is 2.50. The van der Waals surface area contributed by atoms with Crippen LogP contribution in [0.4, 0.5) is 16.2 Å². The number of terminal acetylenes is 1. The summed E-state index contributed by atoms with van der Waals surface area (Å²) in [5.74, 6) is 1.28. The summed E-state index contributed by atoms with van der Waals surface area (Å²) in [7, 11) is 1.52. The van der Waals surface area contributed by atoms with Gasteiger partial charge in [-0.1, -0.05) is 36.3 Å². The van der Waals surface area contributed by atoms with E-state index < -0.39 is 6.09 Å². The van der Waals surface area contributed by atoms with Crippen LogP contribution >= 0.6 is 11.6 Å². The quantitative estimate of drug-likeness (QED) is 0.471. The lowest BCUT2D eigenvalue weighted by Crippen LogP contribution is -2.29. The normalized spacial score (nSPS) is 9.81. The molecule has 2 aromatic carbocycles. The van der Waals surface area contributed by atoms with E-state index in [0.29, 0.717) is 16.9 Å². The highest BCUT2D eigenvalue weighted by atomic mass is 35.5. The molecule has 0 unspecified atom stereocenters. The average molecular weight is 385 g/mol. The summed E-state index contributed by atoms with van der Waals surface area (Å²) in [6.07, 6.45) is 4.30. The van der Waals surface area contributed by atoms with E-state index in [9.17, 15) is 14.4 Å². The zero-order valence-electron chi connectivity index (χ0n) is 14.6. The highest BCUT2D eigenvalue weighted by molar-refractivity contribution is 6.29. The molecular weight excluding hydrogens is 368 g/mol. The van der Waals surface area contributed by atoms with E-state index in [4.69, 9.17) is 22.8 Å². The Bertz CT molecular complexity index is 891. The van der Waals surface area contributed by atoms with Gasteiger partial charge in [0.2, 0.25) is 5.91 Å². The van der Waals surface area contributed by atoms with Gasteiger partial charge in [0.1, 0.15) is 5.88 Å². The van der Waals surface area contributed by atoms with Crippen molar-refractivity contribution < 1.29 is 19.1 Å². The molecule has 138 valence electrons. The molecule has 2 rings (SSSR count). The van der Waals surface area contributed by atoms with Crippen LogP contribution in [0, 0.1) is 12.3 Å². The molecule has 0 saturated heterocycles. The molecule has 0 bridgehead atoms. The molecule has 0 spiro atoms. The molecule has 0 aliphatic heterocycles. The fourth-order valence-electron chi connectivity index (χ4n) is 2.32. The van der Waals surface area contributed by atoms with Crippen molar-refractivity contribution in [3.63, 3.8) is 0 Å².